The van der Waals surface area contributed by atoms with Gasteiger partial charge in [0.2, 0.25) is 6.17 Å². The Hall–Kier alpha value is -0.600. The van der Waals surface area contributed by atoms with E-state index in [1.807, 2.05) is 0 Å². The predicted octanol–water partition coefficient (Wildman–Crippen LogP) is 3.34. The van der Waals surface area contributed by atoms with Crippen molar-refractivity contribution in [2.24, 2.45) is 0 Å². The van der Waals surface area contributed by atoms with Gasteiger partial charge in [0, 0.05) is 6.42 Å². The van der Waals surface area contributed by atoms with Gasteiger partial charge in [0.1, 0.15) is 6.61 Å². The molecule has 0 bridgehead atoms. The van der Waals surface area contributed by atoms with Crippen LogP contribution < -0.4 is 0 Å². The highest BCUT2D eigenvalue weighted by Gasteiger charge is 2.91. The van der Waals surface area contributed by atoms with Gasteiger partial charge in [-0.25, -0.2) is 17.6 Å². The van der Waals surface area contributed by atoms with Crippen LogP contribution in [0.4, 0.5) is 35.1 Å². The fourth-order valence-electron chi connectivity index (χ4n) is 1.18. The highest BCUT2D eigenvalue weighted by molar-refractivity contribution is 5.18. The van der Waals surface area contributed by atoms with Crippen LogP contribution in [0.2, 0.25) is 0 Å². The van der Waals surface area contributed by atoms with Crippen molar-refractivity contribution in [2.75, 3.05) is 6.61 Å². The third-order valence-corrected chi connectivity index (χ3v) is 2.50. The molecule has 1 aliphatic rings. The van der Waals surface area contributed by atoms with E-state index >= 15 is 0 Å². The summed E-state index contributed by atoms with van der Waals surface area (Å²) in [5.74, 6) is -19.1. The number of hydrogen-bond donors (Lipinski definition) is 0. The second-order valence-corrected chi connectivity index (χ2v) is 3.70. The molecule has 1 rings (SSSR count). The molecule has 17 heavy (non-hydrogen) atoms. The molecule has 9 heteroatoms. The molecule has 0 aromatic carbocycles. The Morgan fingerprint density at radius 1 is 1.12 bits per heavy atom. The lowest BCUT2D eigenvalue weighted by atomic mass is 9.80. The molecule has 0 radical (unpaired) electrons. The quantitative estimate of drug-likeness (QED) is 0.713. The van der Waals surface area contributed by atoms with Crippen molar-refractivity contribution in [3.63, 3.8) is 0 Å². The summed E-state index contributed by atoms with van der Waals surface area (Å²) in [6.07, 6.45) is -4.86. The van der Waals surface area contributed by atoms with Crippen LogP contribution in [0.5, 0.6) is 0 Å². The molecule has 0 heterocycles. The fraction of sp³-hybridized carbons (Fsp3) is 1.00. The van der Waals surface area contributed by atoms with E-state index in [0.717, 1.165) is 6.92 Å². The lowest BCUT2D eigenvalue weighted by molar-refractivity contribution is -0.468. The topological polar surface area (TPSA) is 9.23 Å². The number of alkyl halides is 8. The highest BCUT2D eigenvalue weighted by Crippen LogP contribution is 2.62. The normalized spacial score (nSPS) is 35.5. The molecule has 1 saturated carbocycles. The predicted molar refractivity (Wildman–Crippen MR) is 39.8 cm³/mol. The van der Waals surface area contributed by atoms with Gasteiger partial charge in [-0.15, -0.1) is 0 Å². The Bertz CT molecular complexity index is 304. The first-order chi connectivity index (χ1) is 7.42. The molecule has 0 N–H and O–H groups in total. The van der Waals surface area contributed by atoms with Gasteiger partial charge in [0.05, 0.1) is 0 Å². The summed E-state index contributed by atoms with van der Waals surface area (Å²) in [6, 6.07) is 0. The van der Waals surface area contributed by atoms with Gasteiger partial charge in [0.25, 0.3) is 5.92 Å². The summed E-state index contributed by atoms with van der Waals surface area (Å²) in [6.45, 7) is -0.958. The molecule has 0 spiro atoms. The zero-order valence-corrected chi connectivity index (χ0v) is 8.42. The molecule has 0 aliphatic heterocycles. The Morgan fingerprint density at radius 2 is 1.59 bits per heavy atom. The second kappa shape index (κ2) is 3.69. The van der Waals surface area contributed by atoms with E-state index in [1.165, 1.54) is 0 Å². The van der Waals surface area contributed by atoms with Crippen LogP contribution in [0.3, 0.4) is 0 Å². The van der Waals surface area contributed by atoms with Gasteiger partial charge in [-0.05, 0) is 0 Å². The molecule has 102 valence electrons. The van der Waals surface area contributed by atoms with Crippen LogP contribution in [-0.4, -0.2) is 36.4 Å². The molecular formula is C8H8F8O. The van der Waals surface area contributed by atoms with Crippen molar-refractivity contribution in [3.05, 3.63) is 0 Å². The zero-order chi connectivity index (χ0) is 13.7. The van der Waals surface area contributed by atoms with Crippen molar-refractivity contribution in [1.82, 2.24) is 0 Å². The van der Waals surface area contributed by atoms with E-state index in [2.05, 4.69) is 4.74 Å². The van der Waals surface area contributed by atoms with Gasteiger partial charge in [0.15, 0.2) is 0 Å². The fourth-order valence-corrected chi connectivity index (χ4v) is 1.18. The van der Waals surface area contributed by atoms with Crippen LogP contribution in [0, 0.1) is 0 Å². The van der Waals surface area contributed by atoms with Crippen molar-refractivity contribution >= 4 is 0 Å². The Morgan fingerprint density at radius 3 is 1.94 bits per heavy atom. The highest BCUT2D eigenvalue weighted by atomic mass is 19.3. The van der Waals surface area contributed by atoms with Gasteiger partial charge in [-0.2, -0.15) is 17.6 Å². The van der Waals surface area contributed by atoms with E-state index in [4.69, 9.17) is 0 Å². The van der Waals surface area contributed by atoms with Crippen molar-refractivity contribution < 1.29 is 39.9 Å². The average Bonchev–Trinajstić information content (AvgIpc) is 2.24. The van der Waals surface area contributed by atoms with Crippen molar-refractivity contribution in [1.29, 1.82) is 0 Å². The molecule has 1 aliphatic carbocycles. The summed E-state index contributed by atoms with van der Waals surface area (Å²) in [5.41, 5.74) is 0. The van der Waals surface area contributed by atoms with E-state index in [0.29, 0.717) is 0 Å². The van der Waals surface area contributed by atoms with Gasteiger partial charge in [-0.1, -0.05) is 6.92 Å². The smallest absolute Gasteiger partial charge is 0.332 e. The summed E-state index contributed by atoms with van der Waals surface area (Å²) >= 11 is 0. The minimum absolute atomic E-state index is 0.887. The van der Waals surface area contributed by atoms with Crippen molar-refractivity contribution in [3.8, 4) is 0 Å². The largest absolute Gasteiger partial charge is 0.373 e. The third kappa shape index (κ3) is 1.78. The van der Waals surface area contributed by atoms with Gasteiger partial charge >= 0.3 is 17.7 Å². The molecular weight excluding hydrogens is 264 g/mol. The lowest BCUT2D eigenvalue weighted by Gasteiger charge is -2.50. The summed E-state index contributed by atoms with van der Waals surface area (Å²) in [4.78, 5) is 0. The van der Waals surface area contributed by atoms with Gasteiger partial charge in [-0.3, -0.25) is 0 Å². The maximum Gasteiger partial charge on any atom is 0.373 e. The summed E-state index contributed by atoms with van der Waals surface area (Å²) in [7, 11) is 0. The standard InChI is InChI=1S/C8H8F8O/c1-2-5(10,11)3-17-7(14)4(9)6(12,13)8(7,15)16/h4H,2-3H2,1H3. The zero-order valence-electron chi connectivity index (χ0n) is 8.42. The van der Waals surface area contributed by atoms with Gasteiger partial charge < -0.3 is 4.74 Å². The molecule has 0 aromatic rings. The van der Waals surface area contributed by atoms with E-state index in [9.17, 15) is 35.1 Å². The van der Waals surface area contributed by atoms with E-state index in [1.54, 1.807) is 0 Å². The molecule has 2 unspecified atom stereocenters. The molecule has 0 saturated heterocycles. The molecule has 2 atom stereocenters. The molecule has 1 nitrogen and oxygen atoms in total. The number of hydrogen-bond acceptors (Lipinski definition) is 1. The van der Waals surface area contributed by atoms with E-state index < -0.39 is 42.8 Å². The maximum atomic E-state index is 13.1. The molecule has 1 fully saturated rings. The summed E-state index contributed by atoms with van der Waals surface area (Å²) < 4.78 is 104. The monoisotopic (exact) mass is 272 g/mol. The Labute approximate surface area is 90.7 Å². The Kier molecular flexibility index (Phi) is 3.14. The first-order valence-corrected chi connectivity index (χ1v) is 4.53. The second-order valence-electron chi connectivity index (χ2n) is 3.70. The third-order valence-electron chi connectivity index (χ3n) is 2.50. The van der Waals surface area contributed by atoms with Crippen LogP contribution in [-0.2, 0) is 4.74 Å². The Balaban J connectivity index is 2.78. The van der Waals surface area contributed by atoms with Crippen LogP contribution in [0.25, 0.3) is 0 Å². The first kappa shape index (κ1) is 14.5. The number of ether oxygens (including phenoxy) is 1. The minimum Gasteiger partial charge on any atom is -0.332 e. The number of rotatable bonds is 4. The number of halogens is 8. The average molecular weight is 272 g/mol. The van der Waals surface area contributed by atoms with Crippen molar-refractivity contribution in [2.45, 2.75) is 43.1 Å². The first-order valence-electron chi connectivity index (χ1n) is 4.53. The molecule has 0 aromatic heterocycles. The van der Waals surface area contributed by atoms with Crippen LogP contribution in [0.1, 0.15) is 13.3 Å². The maximum absolute atomic E-state index is 13.1. The molecule has 0 amide bonds. The SMILES string of the molecule is CCC(F)(F)COC1(F)C(F)C(F)(F)C1(F)F. The summed E-state index contributed by atoms with van der Waals surface area (Å²) in [5, 5.41) is 0. The van der Waals surface area contributed by atoms with E-state index in [-0.39, 0.29) is 0 Å². The van der Waals surface area contributed by atoms with Crippen LogP contribution >= 0.6 is 0 Å². The minimum atomic E-state index is -5.47. The lowest BCUT2D eigenvalue weighted by Crippen LogP contribution is -2.79. The van der Waals surface area contributed by atoms with Crippen LogP contribution in [0.15, 0.2) is 0 Å².